The SMILES string of the molecule is COc1cccc(S(=O)(=O)CC(C)(C)C(=O)O)c1. The summed E-state index contributed by atoms with van der Waals surface area (Å²) in [5, 5.41) is 8.96. The lowest BCUT2D eigenvalue weighted by atomic mass is 9.97. The van der Waals surface area contributed by atoms with E-state index in [0.717, 1.165) is 0 Å². The topological polar surface area (TPSA) is 80.7 Å². The van der Waals surface area contributed by atoms with Gasteiger partial charge in [-0.3, -0.25) is 4.79 Å². The summed E-state index contributed by atoms with van der Waals surface area (Å²) in [5.41, 5.74) is -1.33. The second kappa shape index (κ2) is 4.97. The van der Waals surface area contributed by atoms with Gasteiger partial charge >= 0.3 is 5.97 Å². The number of ether oxygens (including phenoxy) is 1. The Morgan fingerprint density at radius 2 is 2.00 bits per heavy atom. The molecule has 6 heteroatoms. The molecule has 0 bridgehead atoms. The van der Waals surface area contributed by atoms with Crippen molar-refractivity contribution in [2.75, 3.05) is 12.9 Å². The number of benzene rings is 1. The van der Waals surface area contributed by atoms with Gasteiger partial charge in [-0.05, 0) is 32.0 Å². The third-order valence-electron chi connectivity index (χ3n) is 2.53. The van der Waals surface area contributed by atoms with Gasteiger partial charge in [0.1, 0.15) is 5.75 Å². The van der Waals surface area contributed by atoms with E-state index in [9.17, 15) is 13.2 Å². The van der Waals surface area contributed by atoms with Crippen LogP contribution in [0.25, 0.3) is 0 Å². The van der Waals surface area contributed by atoms with Crippen LogP contribution in [0.1, 0.15) is 13.8 Å². The number of methoxy groups -OCH3 is 1. The molecule has 100 valence electrons. The van der Waals surface area contributed by atoms with Crippen molar-refractivity contribution in [3.63, 3.8) is 0 Å². The quantitative estimate of drug-likeness (QED) is 0.880. The molecule has 0 spiro atoms. The monoisotopic (exact) mass is 272 g/mol. The minimum atomic E-state index is -3.66. The molecule has 0 amide bonds. The lowest BCUT2D eigenvalue weighted by Crippen LogP contribution is -2.32. The summed E-state index contributed by atoms with van der Waals surface area (Å²) >= 11 is 0. The van der Waals surface area contributed by atoms with Crippen LogP contribution >= 0.6 is 0 Å². The van der Waals surface area contributed by atoms with Gasteiger partial charge in [-0.1, -0.05) is 6.07 Å². The van der Waals surface area contributed by atoms with Crippen molar-refractivity contribution in [3.8, 4) is 5.75 Å². The van der Waals surface area contributed by atoms with Crippen LogP contribution < -0.4 is 4.74 Å². The summed E-state index contributed by atoms with van der Waals surface area (Å²) in [6.45, 7) is 2.76. The van der Waals surface area contributed by atoms with E-state index in [1.54, 1.807) is 12.1 Å². The average molecular weight is 272 g/mol. The van der Waals surface area contributed by atoms with Crippen molar-refractivity contribution in [3.05, 3.63) is 24.3 Å². The maximum atomic E-state index is 12.1. The molecule has 0 saturated heterocycles. The number of hydrogen-bond donors (Lipinski definition) is 1. The number of carboxylic acids is 1. The molecule has 1 rings (SSSR count). The second-order valence-corrected chi connectivity index (χ2v) is 6.62. The molecule has 0 radical (unpaired) electrons. The van der Waals surface area contributed by atoms with Gasteiger partial charge in [0.15, 0.2) is 9.84 Å². The summed E-state index contributed by atoms with van der Waals surface area (Å²) in [4.78, 5) is 11.0. The standard InChI is InChI=1S/C12H16O5S/c1-12(2,11(13)14)8-18(15,16)10-6-4-5-9(7-10)17-3/h4-7H,8H2,1-3H3,(H,13,14). The summed E-state index contributed by atoms with van der Waals surface area (Å²) in [7, 11) is -2.22. The summed E-state index contributed by atoms with van der Waals surface area (Å²) in [5.74, 6) is -1.18. The lowest BCUT2D eigenvalue weighted by Gasteiger charge is -2.18. The summed E-state index contributed by atoms with van der Waals surface area (Å²) < 4.78 is 29.1. The van der Waals surface area contributed by atoms with Crippen LogP contribution in [0.4, 0.5) is 0 Å². The van der Waals surface area contributed by atoms with Crippen molar-refractivity contribution < 1.29 is 23.1 Å². The van der Waals surface area contributed by atoms with E-state index in [1.165, 1.54) is 33.1 Å². The van der Waals surface area contributed by atoms with Gasteiger partial charge in [0.25, 0.3) is 0 Å². The Labute approximate surface area is 106 Å². The molecule has 1 aromatic carbocycles. The van der Waals surface area contributed by atoms with Crippen LogP contribution in [-0.2, 0) is 14.6 Å². The zero-order valence-corrected chi connectivity index (χ0v) is 11.3. The Balaban J connectivity index is 3.10. The summed E-state index contributed by atoms with van der Waals surface area (Å²) in [6, 6.07) is 5.99. The third-order valence-corrected chi connectivity index (χ3v) is 4.60. The predicted octanol–water partition coefficient (Wildman–Crippen LogP) is 1.58. The third kappa shape index (κ3) is 3.22. The normalized spacial score (nSPS) is 12.2. The van der Waals surface area contributed by atoms with Gasteiger partial charge < -0.3 is 9.84 Å². The Bertz CT molecular complexity index is 545. The molecule has 1 N–H and O–H groups in total. The molecule has 0 fully saturated rings. The van der Waals surface area contributed by atoms with Gasteiger partial charge in [-0.25, -0.2) is 8.42 Å². The van der Waals surface area contributed by atoms with Gasteiger partial charge in [0.05, 0.1) is 23.2 Å². The molecule has 0 heterocycles. The highest BCUT2D eigenvalue weighted by Gasteiger charge is 2.34. The highest BCUT2D eigenvalue weighted by atomic mass is 32.2. The number of carbonyl (C=O) groups is 1. The minimum Gasteiger partial charge on any atom is -0.497 e. The highest BCUT2D eigenvalue weighted by molar-refractivity contribution is 7.91. The molecule has 18 heavy (non-hydrogen) atoms. The minimum absolute atomic E-state index is 0.0659. The molecule has 0 unspecified atom stereocenters. The van der Waals surface area contributed by atoms with E-state index >= 15 is 0 Å². The van der Waals surface area contributed by atoms with E-state index < -0.39 is 27.0 Å². The van der Waals surface area contributed by atoms with E-state index in [1.807, 2.05) is 0 Å². The maximum absolute atomic E-state index is 12.1. The number of carboxylic acid groups (broad SMARTS) is 1. The molecule has 0 atom stereocenters. The van der Waals surface area contributed by atoms with E-state index in [-0.39, 0.29) is 4.90 Å². The second-order valence-electron chi connectivity index (χ2n) is 4.63. The number of rotatable bonds is 5. The first-order valence-corrected chi connectivity index (χ1v) is 6.94. The Morgan fingerprint density at radius 3 is 2.50 bits per heavy atom. The highest BCUT2D eigenvalue weighted by Crippen LogP contribution is 2.25. The predicted molar refractivity (Wildman–Crippen MR) is 66.5 cm³/mol. The van der Waals surface area contributed by atoms with Crippen LogP contribution in [0.2, 0.25) is 0 Å². The zero-order chi connectivity index (χ0) is 14.0. The van der Waals surface area contributed by atoms with Gasteiger partial charge in [-0.2, -0.15) is 0 Å². The Morgan fingerprint density at radius 1 is 1.39 bits per heavy atom. The first-order chi connectivity index (χ1) is 8.19. The van der Waals surface area contributed by atoms with Crippen LogP contribution in [0, 0.1) is 5.41 Å². The van der Waals surface area contributed by atoms with Crippen molar-refractivity contribution in [1.29, 1.82) is 0 Å². The molecule has 0 saturated carbocycles. The molecule has 0 aliphatic carbocycles. The smallest absolute Gasteiger partial charge is 0.310 e. The molecule has 1 aromatic rings. The fourth-order valence-electron chi connectivity index (χ4n) is 1.41. The van der Waals surface area contributed by atoms with Crippen LogP contribution in [0.3, 0.4) is 0 Å². The van der Waals surface area contributed by atoms with Crippen molar-refractivity contribution in [2.24, 2.45) is 5.41 Å². The largest absolute Gasteiger partial charge is 0.497 e. The van der Waals surface area contributed by atoms with Crippen LogP contribution in [0.5, 0.6) is 5.75 Å². The Kier molecular flexibility index (Phi) is 4.01. The lowest BCUT2D eigenvalue weighted by molar-refractivity contribution is -0.145. The molecule has 0 aliphatic heterocycles. The van der Waals surface area contributed by atoms with Gasteiger partial charge in [0.2, 0.25) is 0 Å². The molecular formula is C12H16O5S. The number of aliphatic carboxylic acids is 1. The van der Waals surface area contributed by atoms with Gasteiger partial charge in [-0.15, -0.1) is 0 Å². The van der Waals surface area contributed by atoms with Crippen LogP contribution in [0.15, 0.2) is 29.2 Å². The van der Waals surface area contributed by atoms with E-state index in [0.29, 0.717) is 5.75 Å². The molecule has 0 aliphatic rings. The molecular weight excluding hydrogens is 256 g/mol. The number of hydrogen-bond acceptors (Lipinski definition) is 4. The summed E-state index contributed by atoms with van der Waals surface area (Å²) in [6.07, 6.45) is 0. The average Bonchev–Trinajstić information content (AvgIpc) is 2.27. The maximum Gasteiger partial charge on any atom is 0.310 e. The van der Waals surface area contributed by atoms with Gasteiger partial charge in [0, 0.05) is 0 Å². The van der Waals surface area contributed by atoms with Crippen molar-refractivity contribution >= 4 is 15.8 Å². The molecule has 5 nitrogen and oxygen atoms in total. The first-order valence-electron chi connectivity index (χ1n) is 5.29. The van der Waals surface area contributed by atoms with E-state index in [2.05, 4.69) is 0 Å². The van der Waals surface area contributed by atoms with Crippen molar-refractivity contribution in [2.45, 2.75) is 18.7 Å². The first kappa shape index (κ1) is 14.5. The van der Waals surface area contributed by atoms with Crippen molar-refractivity contribution in [1.82, 2.24) is 0 Å². The van der Waals surface area contributed by atoms with Crippen LogP contribution in [-0.4, -0.2) is 32.4 Å². The number of sulfone groups is 1. The zero-order valence-electron chi connectivity index (χ0n) is 10.5. The molecule has 0 aromatic heterocycles. The van der Waals surface area contributed by atoms with E-state index in [4.69, 9.17) is 9.84 Å². The fourth-order valence-corrected chi connectivity index (χ4v) is 3.24. The fraction of sp³-hybridized carbons (Fsp3) is 0.417. The Hall–Kier alpha value is -1.56.